The van der Waals surface area contributed by atoms with Gasteiger partial charge in [0.05, 0.1) is 13.2 Å². The lowest BCUT2D eigenvalue weighted by atomic mass is 9.90. The summed E-state index contributed by atoms with van der Waals surface area (Å²) in [6.07, 6.45) is 0.160. The number of nitrogens with zero attached hydrogens (tertiary/aromatic N) is 1. The highest BCUT2D eigenvalue weighted by atomic mass is 16.5. The predicted octanol–water partition coefficient (Wildman–Crippen LogP) is 2.38. The fourth-order valence-corrected chi connectivity index (χ4v) is 4.06. The Morgan fingerprint density at radius 3 is 2.27 bits per heavy atom. The number of methoxy groups -OCH3 is 1. The Balaban J connectivity index is 2.44. The van der Waals surface area contributed by atoms with Gasteiger partial charge in [-0.25, -0.2) is 0 Å². The van der Waals surface area contributed by atoms with Gasteiger partial charge in [-0.15, -0.1) is 0 Å². The molecule has 30 heavy (non-hydrogen) atoms. The van der Waals surface area contributed by atoms with Gasteiger partial charge in [0.1, 0.15) is 23.5 Å². The minimum Gasteiger partial charge on any atom is -0.507 e. The molecule has 2 unspecified atom stereocenters. The van der Waals surface area contributed by atoms with Gasteiger partial charge < -0.3 is 30.7 Å². The van der Waals surface area contributed by atoms with Gasteiger partial charge >= 0.3 is 0 Å². The lowest BCUT2D eigenvalue weighted by molar-refractivity contribution is 0.0756. The summed E-state index contributed by atoms with van der Waals surface area (Å²) in [5, 5.41) is 42.8. The molecule has 2 rings (SSSR count). The van der Waals surface area contributed by atoms with Crippen molar-refractivity contribution in [2.24, 2.45) is 5.73 Å². The second-order valence-corrected chi connectivity index (χ2v) is 8.73. The number of ether oxygens (including phenoxy) is 1. The molecule has 8 nitrogen and oxygen atoms in total. The zero-order valence-electron chi connectivity index (χ0n) is 18.7. The molecule has 1 aromatic rings. The number of hydrogen-bond donors (Lipinski definition) is 6. The molecule has 0 amide bonds. The van der Waals surface area contributed by atoms with E-state index in [4.69, 9.17) is 15.9 Å². The molecule has 0 heterocycles. The van der Waals surface area contributed by atoms with E-state index in [1.165, 1.54) is 0 Å². The summed E-state index contributed by atoms with van der Waals surface area (Å²) in [6, 6.07) is 3.24. The second-order valence-electron chi connectivity index (χ2n) is 8.73. The van der Waals surface area contributed by atoms with E-state index in [9.17, 15) is 15.3 Å². The Morgan fingerprint density at radius 1 is 1.17 bits per heavy atom. The number of hydrogen-bond acceptors (Lipinski definition) is 7. The Labute approximate surface area is 179 Å². The number of phenols is 1. The summed E-state index contributed by atoms with van der Waals surface area (Å²) in [5.74, 6) is 0.683. The first kappa shape index (κ1) is 24.4. The third-order valence-electron chi connectivity index (χ3n) is 5.71. The molecular weight excluding hydrogens is 384 g/mol. The van der Waals surface area contributed by atoms with Crippen LogP contribution in [0.15, 0.2) is 12.1 Å². The van der Waals surface area contributed by atoms with Crippen molar-refractivity contribution < 1.29 is 20.1 Å². The normalized spacial score (nSPS) is 21.5. The third kappa shape index (κ3) is 5.63. The lowest BCUT2D eigenvalue weighted by Crippen LogP contribution is -2.55. The molecule has 0 aliphatic heterocycles. The van der Waals surface area contributed by atoms with E-state index in [0.29, 0.717) is 37.0 Å². The second kappa shape index (κ2) is 10.4. The smallest absolute Gasteiger partial charge is 0.163 e. The summed E-state index contributed by atoms with van der Waals surface area (Å²) >= 11 is 0. The summed E-state index contributed by atoms with van der Waals surface area (Å²) in [5.41, 5.74) is 8.01. The van der Waals surface area contributed by atoms with E-state index in [1.54, 1.807) is 18.1 Å². The number of amidine groups is 1. The van der Waals surface area contributed by atoms with E-state index in [1.807, 2.05) is 33.8 Å². The number of aliphatic hydroxyl groups excluding tert-OH is 2. The van der Waals surface area contributed by atoms with Crippen molar-refractivity contribution in [1.82, 2.24) is 10.2 Å². The number of aromatic hydroxyl groups is 1. The van der Waals surface area contributed by atoms with E-state index in [2.05, 4.69) is 5.32 Å². The Morgan fingerprint density at radius 2 is 1.77 bits per heavy atom. The van der Waals surface area contributed by atoms with Crippen molar-refractivity contribution in [3.63, 3.8) is 0 Å². The summed E-state index contributed by atoms with van der Waals surface area (Å²) in [6.45, 7) is 7.84. The molecule has 8 heteroatoms. The Bertz CT molecular complexity index is 717. The topological polar surface area (TPSA) is 135 Å². The van der Waals surface area contributed by atoms with Crippen molar-refractivity contribution in [3.05, 3.63) is 23.3 Å². The van der Waals surface area contributed by atoms with Crippen LogP contribution in [-0.2, 0) is 0 Å². The number of nitrogens with one attached hydrogen (secondary N) is 2. The first-order chi connectivity index (χ1) is 14.1. The maximum Gasteiger partial charge on any atom is 0.163 e. The minimum atomic E-state index is -1.19. The van der Waals surface area contributed by atoms with Crippen molar-refractivity contribution in [2.75, 3.05) is 7.11 Å². The van der Waals surface area contributed by atoms with Gasteiger partial charge in [0.2, 0.25) is 0 Å². The molecule has 1 saturated carbocycles. The molecule has 0 radical (unpaired) electrons. The molecule has 1 aliphatic rings. The number of phenolic OH excluding ortho intramolecular Hbond substituents is 1. The molecule has 0 saturated heterocycles. The molecule has 1 aromatic carbocycles. The summed E-state index contributed by atoms with van der Waals surface area (Å²) < 4.78 is 5.41. The van der Waals surface area contributed by atoms with Crippen LogP contribution in [0.5, 0.6) is 11.5 Å². The van der Waals surface area contributed by atoms with Crippen LogP contribution in [0, 0.1) is 5.41 Å². The first-order valence-corrected chi connectivity index (χ1v) is 10.7. The zero-order chi connectivity index (χ0) is 22.6. The van der Waals surface area contributed by atoms with Gasteiger partial charge in [-0.1, -0.05) is 13.8 Å². The molecule has 7 N–H and O–H groups in total. The van der Waals surface area contributed by atoms with Crippen LogP contribution >= 0.6 is 0 Å². The molecule has 1 aliphatic carbocycles. The molecule has 0 spiro atoms. The largest absolute Gasteiger partial charge is 0.507 e. The van der Waals surface area contributed by atoms with Crippen LogP contribution < -0.4 is 15.8 Å². The van der Waals surface area contributed by atoms with Crippen LogP contribution in [0.2, 0.25) is 0 Å². The highest BCUT2D eigenvalue weighted by Gasteiger charge is 2.34. The Kier molecular flexibility index (Phi) is 8.49. The standard InChI is InChI=1S/C22H38N4O4/c1-12(2)16-10-17(18(28)11-19(16)30-5)20(23)26(14-6-8-15(27)9-7-14)21(24)22(29)25-13(3)4/h10-15,20,22,24-25,27-29H,6-9,23H2,1-5H3. The molecule has 1 fully saturated rings. The molecular formula is C22H38N4O4. The average Bonchev–Trinajstić information content (AvgIpc) is 2.68. The van der Waals surface area contributed by atoms with E-state index in [-0.39, 0.29) is 35.7 Å². The first-order valence-electron chi connectivity index (χ1n) is 10.7. The summed E-state index contributed by atoms with van der Waals surface area (Å²) in [4.78, 5) is 1.68. The maximum atomic E-state index is 10.7. The van der Waals surface area contributed by atoms with E-state index in [0.717, 1.165) is 5.56 Å². The fraction of sp³-hybridized carbons (Fsp3) is 0.682. The van der Waals surface area contributed by atoms with Crippen molar-refractivity contribution in [1.29, 1.82) is 5.41 Å². The molecule has 0 bridgehead atoms. The van der Waals surface area contributed by atoms with Crippen LogP contribution in [-0.4, -0.2) is 57.6 Å². The molecule has 2 atom stereocenters. The Hall–Kier alpha value is -1.87. The van der Waals surface area contributed by atoms with Crippen LogP contribution in [0.4, 0.5) is 0 Å². The highest BCUT2D eigenvalue weighted by Crippen LogP contribution is 2.38. The van der Waals surface area contributed by atoms with Crippen LogP contribution in [0.1, 0.15) is 76.6 Å². The average molecular weight is 423 g/mol. The SMILES string of the molecule is COc1cc(O)c(C(N)N(C(=N)C(O)NC(C)C)C2CCC(O)CC2)cc1C(C)C. The van der Waals surface area contributed by atoms with Crippen molar-refractivity contribution in [2.45, 2.75) is 89.9 Å². The quantitative estimate of drug-likeness (QED) is 0.215. The fourth-order valence-electron chi connectivity index (χ4n) is 4.06. The number of rotatable bonds is 8. The maximum absolute atomic E-state index is 10.7. The van der Waals surface area contributed by atoms with E-state index >= 15 is 0 Å². The molecule has 170 valence electrons. The highest BCUT2D eigenvalue weighted by molar-refractivity contribution is 5.84. The number of benzene rings is 1. The van der Waals surface area contributed by atoms with Crippen LogP contribution in [0.3, 0.4) is 0 Å². The zero-order valence-corrected chi connectivity index (χ0v) is 18.7. The molecule has 0 aromatic heterocycles. The van der Waals surface area contributed by atoms with Gasteiger partial charge in [0.15, 0.2) is 6.23 Å². The number of aliphatic hydroxyl groups is 2. The van der Waals surface area contributed by atoms with Gasteiger partial charge in [0, 0.05) is 23.7 Å². The third-order valence-corrected chi connectivity index (χ3v) is 5.71. The monoisotopic (exact) mass is 422 g/mol. The predicted molar refractivity (Wildman–Crippen MR) is 118 cm³/mol. The van der Waals surface area contributed by atoms with Gasteiger partial charge in [-0.05, 0) is 57.1 Å². The van der Waals surface area contributed by atoms with Gasteiger partial charge in [-0.3, -0.25) is 10.7 Å². The van der Waals surface area contributed by atoms with E-state index < -0.39 is 12.4 Å². The van der Waals surface area contributed by atoms with Crippen molar-refractivity contribution in [3.8, 4) is 11.5 Å². The van der Waals surface area contributed by atoms with Crippen LogP contribution in [0.25, 0.3) is 0 Å². The minimum absolute atomic E-state index is 0.0105. The van der Waals surface area contributed by atoms with Gasteiger partial charge in [0.25, 0.3) is 0 Å². The van der Waals surface area contributed by atoms with Gasteiger partial charge in [-0.2, -0.15) is 0 Å². The lowest BCUT2D eigenvalue weighted by Gasteiger charge is -2.42. The number of nitrogens with two attached hydrogens (primary N) is 1. The van der Waals surface area contributed by atoms with Crippen molar-refractivity contribution >= 4 is 5.84 Å². The summed E-state index contributed by atoms with van der Waals surface area (Å²) in [7, 11) is 1.56.